The van der Waals surface area contributed by atoms with E-state index in [1.54, 1.807) is 0 Å². The Morgan fingerprint density at radius 3 is 2.45 bits per heavy atom. The molecular weight excluding hydrogens is 316 g/mol. The molecule has 0 radical (unpaired) electrons. The Labute approximate surface area is 130 Å². The normalized spacial score (nSPS) is 20.1. The molecule has 1 saturated heterocycles. The van der Waals surface area contributed by atoms with Crippen molar-refractivity contribution >= 4 is 15.9 Å². The molecule has 0 bridgehead atoms. The number of likely N-dealkylation sites (tertiary alicyclic amines) is 1. The highest BCUT2D eigenvalue weighted by atomic mass is 79.9. The van der Waals surface area contributed by atoms with Crippen LogP contribution in [-0.2, 0) is 6.54 Å². The second kappa shape index (κ2) is 5.74. The van der Waals surface area contributed by atoms with Gasteiger partial charge in [0.15, 0.2) is 0 Å². The predicted molar refractivity (Wildman–Crippen MR) is 85.6 cm³/mol. The number of nitrogens with zero attached hydrogens (tertiary/aromatic N) is 2. The van der Waals surface area contributed by atoms with Crippen LogP contribution in [0.3, 0.4) is 0 Å². The fraction of sp³-hybridized carbons (Fsp3) is 0.688. The molecule has 4 heteroatoms. The summed E-state index contributed by atoms with van der Waals surface area (Å²) in [5.41, 5.74) is 1.77. The van der Waals surface area contributed by atoms with Gasteiger partial charge in [0.1, 0.15) is 0 Å². The molecule has 1 N–H and O–H groups in total. The summed E-state index contributed by atoms with van der Waals surface area (Å²) in [6, 6.07) is 2.11. The van der Waals surface area contributed by atoms with Crippen LogP contribution in [0.25, 0.3) is 0 Å². The number of hydrogen-bond acceptors (Lipinski definition) is 3. The monoisotopic (exact) mass is 340 g/mol. The topological polar surface area (TPSA) is 36.4 Å². The average Bonchev–Trinajstić information content (AvgIpc) is 2.34. The molecule has 0 spiro atoms. The average molecular weight is 341 g/mol. The first-order valence-corrected chi connectivity index (χ1v) is 8.06. The van der Waals surface area contributed by atoms with Gasteiger partial charge in [-0.3, -0.25) is 9.88 Å². The summed E-state index contributed by atoms with van der Waals surface area (Å²) in [6.45, 7) is 11.2. The summed E-state index contributed by atoms with van der Waals surface area (Å²) in [7, 11) is 0. The molecule has 0 saturated carbocycles. The van der Waals surface area contributed by atoms with E-state index in [0.717, 1.165) is 42.6 Å². The number of halogens is 1. The van der Waals surface area contributed by atoms with Crippen LogP contribution in [0, 0.1) is 12.3 Å². The highest BCUT2D eigenvalue weighted by molar-refractivity contribution is 9.10. The summed E-state index contributed by atoms with van der Waals surface area (Å²) < 4.78 is 1.03. The molecule has 0 unspecified atom stereocenters. The lowest BCUT2D eigenvalue weighted by Crippen LogP contribution is -2.51. The Morgan fingerprint density at radius 2 is 1.95 bits per heavy atom. The summed E-state index contributed by atoms with van der Waals surface area (Å²) in [5, 5.41) is 10.7. The summed E-state index contributed by atoms with van der Waals surface area (Å²) in [6.07, 6.45) is 3.54. The lowest BCUT2D eigenvalue weighted by Gasteiger charge is -2.46. The van der Waals surface area contributed by atoms with E-state index in [2.05, 4.69) is 59.6 Å². The predicted octanol–water partition coefficient (Wildman–Crippen LogP) is 3.53. The molecule has 20 heavy (non-hydrogen) atoms. The zero-order valence-electron chi connectivity index (χ0n) is 12.9. The zero-order chi connectivity index (χ0) is 15.0. The van der Waals surface area contributed by atoms with Crippen LogP contribution in [0.4, 0.5) is 0 Å². The largest absolute Gasteiger partial charge is 0.389 e. The second-order valence-electron chi connectivity index (χ2n) is 6.97. The molecule has 2 heterocycles. The third kappa shape index (κ3) is 3.41. The quantitative estimate of drug-likeness (QED) is 0.894. The van der Waals surface area contributed by atoms with Crippen LogP contribution >= 0.6 is 15.9 Å². The van der Waals surface area contributed by atoms with Crippen molar-refractivity contribution in [3.8, 4) is 0 Å². The molecule has 1 aliphatic heterocycles. The van der Waals surface area contributed by atoms with E-state index in [9.17, 15) is 5.11 Å². The van der Waals surface area contributed by atoms with E-state index in [0.29, 0.717) is 0 Å². The number of hydrogen-bond donors (Lipinski definition) is 1. The molecule has 3 nitrogen and oxygen atoms in total. The first-order chi connectivity index (χ1) is 9.21. The van der Waals surface area contributed by atoms with Crippen molar-refractivity contribution in [3.63, 3.8) is 0 Å². The van der Waals surface area contributed by atoms with Crippen LogP contribution in [-0.4, -0.2) is 33.7 Å². The summed E-state index contributed by atoms with van der Waals surface area (Å²) in [5.74, 6) is 0. The van der Waals surface area contributed by atoms with Crippen LogP contribution < -0.4 is 0 Å². The van der Waals surface area contributed by atoms with Gasteiger partial charge in [0.2, 0.25) is 0 Å². The SMILES string of the molecule is Cc1cc(Br)cnc1CN1CCC(O)(C(C)(C)C)CC1. The summed E-state index contributed by atoms with van der Waals surface area (Å²) >= 11 is 3.45. The van der Waals surface area contributed by atoms with Gasteiger partial charge >= 0.3 is 0 Å². The van der Waals surface area contributed by atoms with E-state index in [1.165, 1.54) is 5.56 Å². The van der Waals surface area contributed by atoms with Gasteiger partial charge in [-0.2, -0.15) is 0 Å². The van der Waals surface area contributed by atoms with Gasteiger partial charge in [0, 0.05) is 30.3 Å². The highest BCUT2D eigenvalue weighted by Gasteiger charge is 2.42. The minimum absolute atomic E-state index is 0.0507. The van der Waals surface area contributed by atoms with E-state index in [4.69, 9.17) is 0 Å². The van der Waals surface area contributed by atoms with E-state index >= 15 is 0 Å². The number of aromatic nitrogens is 1. The maximum atomic E-state index is 10.7. The van der Waals surface area contributed by atoms with Crippen molar-refractivity contribution in [1.82, 2.24) is 9.88 Å². The van der Waals surface area contributed by atoms with Crippen molar-refractivity contribution in [1.29, 1.82) is 0 Å². The fourth-order valence-electron chi connectivity index (χ4n) is 2.78. The molecular formula is C16H25BrN2O. The van der Waals surface area contributed by atoms with Gasteiger partial charge in [-0.15, -0.1) is 0 Å². The first kappa shape index (κ1) is 15.9. The minimum atomic E-state index is -0.536. The summed E-state index contributed by atoms with van der Waals surface area (Å²) in [4.78, 5) is 6.90. The molecule has 1 aromatic rings. The van der Waals surface area contributed by atoms with Crippen molar-refractivity contribution in [2.45, 2.75) is 52.7 Å². The molecule has 1 aromatic heterocycles. The maximum absolute atomic E-state index is 10.7. The van der Waals surface area contributed by atoms with Crippen molar-refractivity contribution < 1.29 is 5.11 Å². The molecule has 0 aliphatic carbocycles. The van der Waals surface area contributed by atoms with E-state index in [1.807, 2.05) is 6.20 Å². The van der Waals surface area contributed by atoms with Gasteiger partial charge in [0.05, 0.1) is 11.3 Å². The van der Waals surface area contributed by atoms with Crippen molar-refractivity contribution in [2.24, 2.45) is 5.41 Å². The lowest BCUT2D eigenvalue weighted by molar-refractivity contribution is -0.1000. The molecule has 0 aromatic carbocycles. The Morgan fingerprint density at radius 1 is 1.35 bits per heavy atom. The van der Waals surface area contributed by atoms with Crippen LogP contribution in [0.2, 0.25) is 0 Å². The smallest absolute Gasteiger partial charge is 0.0720 e. The number of piperidine rings is 1. The van der Waals surface area contributed by atoms with Gasteiger partial charge in [-0.05, 0) is 52.7 Å². The zero-order valence-corrected chi connectivity index (χ0v) is 14.5. The van der Waals surface area contributed by atoms with Gasteiger partial charge in [0.25, 0.3) is 0 Å². The molecule has 1 aliphatic rings. The van der Waals surface area contributed by atoms with Crippen LogP contribution in [0.1, 0.15) is 44.9 Å². The van der Waals surface area contributed by atoms with Gasteiger partial charge in [-0.1, -0.05) is 20.8 Å². The second-order valence-corrected chi connectivity index (χ2v) is 7.89. The van der Waals surface area contributed by atoms with E-state index < -0.39 is 5.60 Å². The molecule has 112 valence electrons. The third-order valence-electron chi connectivity index (χ3n) is 4.61. The highest BCUT2D eigenvalue weighted by Crippen LogP contribution is 2.38. The van der Waals surface area contributed by atoms with Crippen LogP contribution in [0.15, 0.2) is 16.7 Å². The first-order valence-electron chi connectivity index (χ1n) is 7.27. The van der Waals surface area contributed by atoms with Gasteiger partial charge < -0.3 is 5.11 Å². The molecule has 0 atom stereocenters. The standard InChI is InChI=1S/C16H25BrN2O/c1-12-9-13(17)10-18-14(12)11-19-7-5-16(20,6-8-19)15(2,3)4/h9-10,20H,5-8,11H2,1-4H3. The number of aliphatic hydroxyl groups is 1. The number of rotatable bonds is 2. The Balaban J connectivity index is 1.98. The lowest BCUT2D eigenvalue weighted by atomic mass is 9.71. The third-order valence-corrected chi connectivity index (χ3v) is 5.04. The van der Waals surface area contributed by atoms with Crippen molar-refractivity contribution in [3.05, 3.63) is 28.0 Å². The molecule has 2 rings (SSSR count). The Kier molecular flexibility index (Phi) is 4.57. The maximum Gasteiger partial charge on any atom is 0.0720 e. The molecule has 1 fully saturated rings. The Hall–Kier alpha value is -0.450. The van der Waals surface area contributed by atoms with E-state index in [-0.39, 0.29) is 5.41 Å². The number of pyridine rings is 1. The molecule has 0 amide bonds. The van der Waals surface area contributed by atoms with Crippen LogP contribution in [0.5, 0.6) is 0 Å². The Bertz CT molecular complexity index is 474. The number of aryl methyl sites for hydroxylation is 1. The van der Waals surface area contributed by atoms with Gasteiger partial charge in [-0.25, -0.2) is 0 Å². The van der Waals surface area contributed by atoms with Crippen molar-refractivity contribution in [2.75, 3.05) is 13.1 Å². The fourth-order valence-corrected chi connectivity index (χ4v) is 3.22. The minimum Gasteiger partial charge on any atom is -0.389 e.